The third kappa shape index (κ3) is 5.23. The first-order chi connectivity index (χ1) is 9.08. The number of carbonyl (C=O) groups is 1. The number of esters is 1. The molecular weight excluding hydrogens is 306 g/mol. The number of benzene rings is 1. The van der Waals surface area contributed by atoms with E-state index < -0.39 is 0 Å². The zero-order valence-corrected chi connectivity index (χ0v) is 13.2. The summed E-state index contributed by atoms with van der Waals surface area (Å²) in [5.74, 6) is 0.112. The maximum absolute atomic E-state index is 12.0. The Hall–Kier alpha value is -1.03. The minimum atomic E-state index is -0.333. The van der Waals surface area contributed by atoms with Crippen LogP contribution in [0.25, 0.3) is 0 Å². The average molecular weight is 328 g/mol. The smallest absolute Gasteiger partial charge is 0.340 e. The highest BCUT2D eigenvalue weighted by Gasteiger charge is 2.14. The summed E-state index contributed by atoms with van der Waals surface area (Å²) >= 11 is 3.32. The molecule has 0 aliphatic rings. The zero-order chi connectivity index (χ0) is 14.3. The number of nitrogen functional groups attached to an aromatic ring is 1. The van der Waals surface area contributed by atoms with E-state index in [4.69, 9.17) is 10.5 Å². The average Bonchev–Trinajstić information content (AvgIpc) is 2.38. The molecule has 0 aromatic heterocycles. The fraction of sp³-hybridized carbons (Fsp3) is 0.533. The lowest BCUT2D eigenvalue weighted by atomic mass is 10.0. The first-order valence-corrected chi connectivity index (χ1v) is 7.59. The van der Waals surface area contributed by atoms with Gasteiger partial charge in [-0.25, -0.2) is 4.79 Å². The molecule has 1 unspecified atom stereocenters. The van der Waals surface area contributed by atoms with E-state index in [0.717, 1.165) is 17.3 Å². The Balaban J connectivity index is 2.54. The van der Waals surface area contributed by atoms with Crippen molar-refractivity contribution in [2.24, 2.45) is 5.92 Å². The molecule has 4 heteroatoms. The summed E-state index contributed by atoms with van der Waals surface area (Å²) in [6.45, 7) is 4.77. The predicted octanol–water partition coefficient (Wildman–Crippen LogP) is 4.40. The van der Waals surface area contributed by atoms with Crippen molar-refractivity contribution in [2.75, 3.05) is 12.3 Å². The van der Waals surface area contributed by atoms with Gasteiger partial charge in [-0.05, 0) is 30.5 Å². The Kier molecular flexibility index (Phi) is 6.92. The highest BCUT2D eigenvalue weighted by atomic mass is 79.9. The number of rotatable bonds is 7. The molecule has 3 nitrogen and oxygen atoms in total. The molecule has 0 bridgehead atoms. The van der Waals surface area contributed by atoms with Gasteiger partial charge in [0.15, 0.2) is 0 Å². The summed E-state index contributed by atoms with van der Waals surface area (Å²) in [6.07, 6.45) is 4.49. The van der Waals surface area contributed by atoms with E-state index in [9.17, 15) is 4.79 Å². The van der Waals surface area contributed by atoms with Crippen LogP contribution in [0.5, 0.6) is 0 Å². The second-order valence-electron chi connectivity index (χ2n) is 4.75. The van der Waals surface area contributed by atoms with Crippen LogP contribution in [0, 0.1) is 5.92 Å². The summed E-state index contributed by atoms with van der Waals surface area (Å²) in [5.41, 5.74) is 6.69. The summed E-state index contributed by atoms with van der Waals surface area (Å²) < 4.78 is 6.22. The topological polar surface area (TPSA) is 52.3 Å². The molecule has 0 aliphatic heterocycles. The Bertz CT molecular complexity index is 421. The van der Waals surface area contributed by atoms with Crippen molar-refractivity contribution in [3.05, 3.63) is 28.2 Å². The van der Waals surface area contributed by atoms with Crippen molar-refractivity contribution >= 4 is 27.6 Å². The third-order valence-electron chi connectivity index (χ3n) is 3.23. The first kappa shape index (κ1) is 16.0. The highest BCUT2D eigenvalue weighted by molar-refractivity contribution is 9.10. The SMILES string of the molecule is CCCCC(CC)COC(=O)c1ccc(Br)cc1N. The number of hydrogen-bond acceptors (Lipinski definition) is 3. The molecule has 2 N–H and O–H groups in total. The molecule has 1 aromatic rings. The molecule has 106 valence electrons. The van der Waals surface area contributed by atoms with Crippen molar-refractivity contribution in [1.29, 1.82) is 0 Å². The number of nitrogens with two attached hydrogens (primary N) is 1. The molecule has 0 saturated carbocycles. The molecule has 1 rings (SSSR count). The van der Waals surface area contributed by atoms with E-state index in [1.807, 2.05) is 0 Å². The maximum atomic E-state index is 12.0. The van der Waals surface area contributed by atoms with Crippen LogP contribution < -0.4 is 5.73 Å². The first-order valence-electron chi connectivity index (χ1n) is 6.80. The van der Waals surface area contributed by atoms with Crippen LogP contribution in [-0.2, 0) is 4.74 Å². The van der Waals surface area contributed by atoms with E-state index in [0.29, 0.717) is 23.8 Å². The standard InChI is InChI=1S/C15H22BrNO2/c1-3-5-6-11(4-2)10-19-15(18)13-8-7-12(16)9-14(13)17/h7-9,11H,3-6,10,17H2,1-2H3. The van der Waals surface area contributed by atoms with E-state index >= 15 is 0 Å². The van der Waals surface area contributed by atoms with Crippen LogP contribution in [0.3, 0.4) is 0 Å². The van der Waals surface area contributed by atoms with Gasteiger partial charge in [0.2, 0.25) is 0 Å². The molecule has 0 aliphatic carbocycles. The van der Waals surface area contributed by atoms with Gasteiger partial charge in [0.1, 0.15) is 0 Å². The lowest BCUT2D eigenvalue weighted by Gasteiger charge is -2.15. The Morgan fingerprint density at radius 2 is 2.16 bits per heavy atom. The molecular formula is C15H22BrNO2. The van der Waals surface area contributed by atoms with Gasteiger partial charge in [0, 0.05) is 10.2 Å². The summed E-state index contributed by atoms with van der Waals surface area (Å²) in [5, 5.41) is 0. The Morgan fingerprint density at radius 1 is 1.42 bits per heavy atom. The summed E-state index contributed by atoms with van der Waals surface area (Å²) in [4.78, 5) is 12.0. The monoisotopic (exact) mass is 327 g/mol. The van der Waals surface area contributed by atoms with E-state index in [1.54, 1.807) is 18.2 Å². The Labute approximate surface area is 123 Å². The lowest BCUT2D eigenvalue weighted by molar-refractivity contribution is 0.0429. The summed E-state index contributed by atoms with van der Waals surface area (Å²) in [7, 11) is 0. The van der Waals surface area contributed by atoms with Gasteiger partial charge in [0.05, 0.1) is 12.2 Å². The third-order valence-corrected chi connectivity index (χ3v) is 3.72. The van der Waals surface area contributed by atoms with E-state index in [2.05, 4.69) is 29.8 Å². The molecule has 0 fully saturated rings. The van der Waals surface area contributed by atoms with Gasteiger partial charge in [0.25, 0.3) is 0 Å². The van der Waals surface area contributed by atoms with Crippen LogP contribution in [-0.4, -0.2) is 12.6 Å². The number of anilines is 1. The second-order valence-corrected chi connectivity index (χ2v) is 5.66. The summed E-state index contributed by atoms with van der Waals surface area (Å²) in [6, 6.07) is 5.20. The minimum absolute atomic E-state index is 0.333. The van der Waals surface area contributed by atoms with Crippen molar-refractivity contribution in [3.63, 3.8) is 0 Å². The van der Waals surface area contributed by atoms with Crippen molar-refractivity contribution in [3.8, 4) is 0 Å². The molecule has 0 amide bonds. The maximum Gasteiger partial charge on any atom is 0.340 e. The fourth-order valence-electron chi connectivity index (χ4n) is 1.89. The molecule has 0 saturated heterocycles. The van der Waals surface area contributed by atoms with E-state index in [1.165, 1.54) is 12.8 Å². The molecule has 1 atom stereocenters. The van der Waals surface area contributed by atoms with Gasteiger partial charge in [-0.2, -0.15) is 0 Å². The van der Waals surface area contributed by atoms with Gasteiger partial charge in [-0.15, -0.1) is 0 Å². The van der Waals surface area contributed by atoms with Crippen molar-refractivity contribution in [2.45, 2.75) is 39.5 Å². The van der Waals surface area contributed by atoms with Gasteiger partial charge >= 0.3 is 5.97 Å². The van der Waals surface area contributed by atoms with Crippen LogP contribution in [0.15, 0.2) is 22.7 Å². The number of carbonyl (C=O) groups excluding carboxylic acids is 1. The number of hydrogen-bond donors (Lipinski definition) is 1. The van der Waals surface area contributed by atoms with Gasteiger partial charge < -0.3 is 10.5 Å². The molecule has 0 heterocycles. The second kappa shape index (κ2) is 8.20. The lowest BCUT2D eigenvalue weighted by Crippen LogP contribution is -2.15. The quantitative estimate of drug-likeness (QED) is 0.596. The van der Waals surface area contributed by atoms with Crippen LogP contribution in [0.2, 0.25) is 0 Å². The van der Waals surface area contributed by atoms with Crippen LogP contribution >= 0.6 is 15.9 Å². The van der Waals surface area contributed by atoms with E-state index in [-0.39, 0.29) is 5.97 Å². The van der Waals surface area contributed by atoms with Gasteiger partial charge in [-0.3, -0.25) is 0 Å². The van der Waals surface area contributed by atoms with Crippen molar-refractivity contribution < 1.29 is 9.53 Å². The number of ether oxygens (including phenoxy) is 1. The minimum Gasteiger partial charge on any atom is -0.462 e. The number of halogens is 1. The molecule has 19 heavy (non-hydrogen) atoms. The van der Waals surface area contributed by atoms with Crippen molar-refractivity contribution in [1.82, 2.24) is 0 Å². The Morgan fingerprint density at radius 3 is 2.74 bits per heavy atom. The molecule has 0 spiro atoms. The van der Waals surface area contributed by atoms with Gasteiger partial charge in [-0.1, -0.05) is 49.0 Å². The van der Waals surface area contributed by atoms with Crippen LogP contribution in [0.4, 0.5) is 5.69 Å². The molecule has 0 radical (unpaired) electrons. The fourth-order valence-corrected chi connectivity index (χ4v) is 2.27. The normalized spacial score (nSPS) is 12.2. The predicted molar refractivity (Wildman–Crippen MR) is 82.1 cm³/mol. The largest absolute Gasteiger partial charge is 0.462 e. The highest BCUT2D eigenvalue weighted by Crippen LogP contribution is 2.20. The van der Waals surface area contributed by atoms with Crippen LogP contribution in [0.1, 0.15) is 49.9 Å². The molecule has 1 aromatic carbocycles. The number of unbranched alkanes of at least 4 members (excludes halogenated alkanes) is 1. The zero-order valence-electron chi connectivity index (χ0n) is 11.6.